The number of aryl methyl sites for hydroxylation is 1. The Kier molecular flexibility index (Phi) is 4.79. The average molecular weight is 355 g/mol. The highest BCUT2D eigenvalue weighted by Crippen LogP contribution is 2.29. The van der Waals surface area contributed by atoms with Crippen molar-refractivity contribution < 1.29 is 9.13 Å². The Morgan fingerprint density at radius 1 is 1.23 bits per heavy atom. The van der Waals surface area contributed by atoms with Crippen LogP contribution in [0.25, 0.3) is 11.0 Å². The van der Waals surface area contributed by atoms with Crippen LogP contribution in [0, 0.1) is 6.92 Å². The van der Waals surface area contributed by atoms with Crippen LogP contribution in [0.1, 0.15) is 24.0 Å². The standard InChI is InChI=1S/C19H22FN5O/c1-12-2-4-13(5-3-12)6-7-26-17-9-14(8-16(17)20)24-18-15-10-23-25-19(15)22-11-21-18/h2-5,10-11,14,16-17H,6-9H2,1H3,(H2,21,22,23,24,25)/t14?,16-,17+/m0/s1. The van der Waals surface area contributed by atoms with E-state index in [-0.39, 0.29) is 12.1 Å². The van der Waals surface area contributed by atoms with Crippen molar-refractivity contribution in [3.63, 3.8) is 0 Å². The van der Waals surface area contributed by atoms with E-state index >= 15 is 0 Å². The number of benzene rings is 1. The molecule has 4 rings (SSSR count). The van der Waals surface area contributed by atoms with Gasteiger partial charge in [0, 0.05) is 12.5 Å². The smallest absolute Gasteiger partial charge is 0.160 e. The molecule has 0 amide bonds. The van der Waals surface area contributed by atoms with Crippen LogP contribution in [-0.4, -0.2) is 45.1 Å². The summed E-state index contributed by atoms with van der Waals surface area (Å²) in [5.41, 5.74) is 3.12. The van der Waals surface area contributed by atoms with Crippen LogP contribution < -0.4 is 5.32 Å². The second-order valence-electron chi connectivity index (χ2n) is 6.83. The molecule has 0 aliphatic heterocycles. The number of fused-ring (bicyclic) bond motifs is 1. The third kappa shape index (κ3) is 3.67. The van der Waals surface area contributed by atoms with Gasteiger partial charge >= 0.3 is 0 Å². The fraction of sp³-hybridized carbons (Fsp3) is 0.421. The summed E-state index contributed by atoms with van der Waals surface area (Å²) in [5.74, 6) is 0.682. The number of aromatic amines is 1. The second-order valence-corrected chi connectivity index (χ2v) is 6.83. The van der Waals surface area contributed by atoms with Crippen molar-refractivity contribution in [2.75, 3.05) is 11.9 Å². The fourth-order valence-electron chi connectivity index (χ4n) is 3.39. The highest BCUT2D eigenvalue weighted by atomic mass is 19.1. The summed E-state index contributed by atoms with van der Waals surface area (Å²) < 4.78 is 20.2. The van der Waals surface area contributed by atoms with Gasteiger partial charge in [0.2, 0.25) is 0 Å². The zero-order chi connectivity index (χ0) is 17.9. The van der Waals surface area contributed by atoms with E-state index in [1.807, 2.05) is 0 Å². The van der Waals surface area contributed by atoms with E-state index < -0.39 is 6.17 Å². The summed E-state index contributed by atoms with van der Waals surface area (Å²) in [6.45, 7) is 2.59. The molecule has 7 heteroatoms. The van der Waals surface area contributed by atoms with Gasteiger partial charge in [0.1, 0.15) is 18.3 Å². The van der Waals surface area contributed by atoms with E-state index in [2.05, 4.69) is 56.7 Å². The van der Waals surface area contributed by atoms with Crippen molar-refractivity contribution >= 4 is 16.9 Å². The van der Waals surface area contributed by atoms with Gasteiger partial charge in [-0.3, -0.25) is 5.10 Å². The van der Waals surface area contributed by atoms with Gasteiger partial charge in [0.25, 0.3) is 0 Å². The van der Waals surface area contributed by atoms with Gasteiger partial charge in [-0.05, 0) is 25.3 Å². The lowest BCUT2D eigenvalue weighted by atomic mass is 10.1. The largest absolute Gasteiger partial charge is 0.375 e. The van der Waals surface area contributed by atoms with E-state index in [1.54, 1.807) is 6.20 Å². The van der Waals surface area contributed by atoms with Gasteiger partial charge in [0.15, 0.2) is 5.65 Å². The number of nitrogens with zero attached hydrogens (tertiary/aromatic N) is 3. The minimum atomic E-state index is -0.966. The molecule has 2 aromatic heterocycles. The lowest BCUT2D eigenvalue weighted by Gasteiger charge is -2.15. The van der Waals surface area contributed by atoms with Crippen LogP contribution in [0.2, 0.25) is 0 Å². The molecule has 1 aliphatic rings. The minimum Gasteiger partial charge on any atom is -0.375 e. The molecule has 1 fully saturated rings. The molecule has 1 aliphatic carbocycles. The van der Waals surface area contributed by atoms with Crippen LogP contribution in [0.3, 0.4) is 0 Å². The van der Waals surface area contributed by atoms with E-state index in [4.69, 9.17) is 4.74 Å². The predicted molar refractivity (Wildman–Crippen MR) is 97.8 cm³/mol. The molecule has 0 saturated heterocycles. The van der Waals surface area contributed by atoms with Crippen LogP contribution in [0.4, 0.5) is 10.2 Å². The molecule has 3 aromatic rings. The quantitative estimate of drug-likeness (QED) is 0.710. The molecular formula is C19H22FN5O. The second kappa shape index (κ2) is 7.37. The maximum Gasteiger partial charge on any atom is 0.160 e. The highest BCUT2D eigenvalue weighted by Gasteiger charge is 2.35. The van der Waals surface area contributed by atoms with Crippen molar-refractivity contribution in [2.45, 2.75) is 44.5 Å². The number of aromatic nitrogens is 4. The van der Waals surface area contributed by atoms with Gasteiger partial charge in [-0.1, -0.05) is 29.8 Å². The molecule has 0 bridgehead atoms. The SMILES string of the molecule is Cc1ccc(CCO[C@@H]2CC(Nc3ncnc4[nH]ncc34)C[C@@H]2F)cc1. The monoisotopic (exact) mass is 355 g/mol. The third-order valence-electron chi connectivity index (χ3n) is 4.86. The normalized spacial score (nSPS) is 22.8. The first-order chi connectivity index (χ1) is 12.7. The zero-order valence-electron chi connectivity index (χ0n) is 14.7. The van der Waals surface area contributed by atoms with Crippen LogP contribution in [-0.2, 0) is 11.2 Å². The molecule has 0 spiro atoms. The maximum atomic E-state index is 14.4. The summed E-state index contributed by atoms with van der Waals surface area (Å²) in [6.07, 6.45) is 3.64. The molecule has 2 N–H and O–H groups in total. The highest BCUT2D eigenvalue weighted by molar-refractivity contribution is 5.85. The summed E-state index contributed by atoms with van der Waals surface area (Å²) >= 11 is 0. The van der Waals surface area contributed by atoms with Gasteiger partial charge in [0.05, 0.1) is 24.3 Å². The van der Waals surface area contributed by atoms with Crippen LogP contribution >= 0.6 is 0 Å². The van der Waals surface area contributed by atoms with Crippen molar-refractivity contribution in [1.29, 1.82) is 0 Å². The number of nitrogens with one attached hydrogen (secondary N) is 2. The Balaban J connectivity index is 1.31. The fourth-order valence-corrected chi connectivity index (χ4v) is 3.39. The Labute approximate surface area is 151 Å². The number of ether oxygens (including phenoxy) is 1. The number of rotatable bonds is 6. The average Bonchev–Trinajstić information content (AvgIpc) is 3.24. The van der Waals surface area contributed by atoms with Gasteiger partial charge < -0.3 is 10.1 Å². The summed E-state index contributed by atoms with van der Waals surface area (Å²) in [4.78, 5) is 8.37. The Morgan fingerprint density at radius 3 is 2.92 bits per heavy atom. The van der Waals surface area contributed by atoms with Crippen LogP contribution in [0.15, 0.2) is 36.8 Å². The molecule has 2 heterocycles. The van der Waals surface area contributed by atoms with Crippen LogP contribution in [0.5, 0.6) is 0 Å². The number of H-pyrrole nitrogens is 1. The predicted octanol–water partition coefficient (Wildman–Crippen LogP) is 3.20. The Hall–Kier alpha value is -2.54. The van der Waals surface area contributed by atoms with Gasteiger partial charge in [-0.25, -0.2) is 14.4 Å². The van der Waals surface area contributed by atoms with Crippen molar-refractivity contribution in [2.24, 2.45) is 0 Å². The van der Waals surface area contributed by atoms with Crippen molar-refractivity contribution in [3.05, 3.63) is 47.9 Å². The number of anilines is 1. The molecule has 1 saturated carbocycles. The van der Waals surface area contributed by atoms with Crippen molar-refractivity contribution in [3.8, 4) is 0 Å². The molecule has 136 valence electrons. The first-order valence-corrected chi connectivity index (χ1v) is 8.91. The van der Waals surface area contributed by atoms with E-state index in [9.17, 15) is 4.39 Å². The van der Waals surface area contributed by atoms with E-state index in [1.165, 1.54) is 17.5 Å². The molecule has 6 nitrogen and oxygen atoms in total. The summed E-state index contributed by atoms with van der Waals surface area (Å²) in [6, 6.07) is 8.34. The summed E-state index contributed by atoms with van der Waals surface area (Å²) in [5, 5.41) is 10.9. The number of halogens is 1. The zero-order valence-corrected chi connectivity index (χ0v) is 14.7. The summed E-state index contributed by atoms with van der Waals surface area (Å²) in [7, 11) is 0. The molecular weight excluding hydrogens is 333 g/mol. The van der Waals surface area contributed by atoms with Gasteiger partial charge in [-0.2, -0.15) is 5.10 Å². The first kappa shape index (κ1) is 16.9. The third-order valence-corrected chi connectivity index (χ3v) is 4.86. The topological polar surface area (TPSA) is 75.7 Å². The number of alkyl halides is 1. The lowest BCUT2D eigenvalue weighted by molar-refractivity contribution is 0.0163. The molecule has 3 atom stereocenters. The lowest BCUT2D eigenvalue weighted by Crippen LogP contribution is -2.21. The molecule has 1 aromatic carbocycles. The minimum absolute atomic E-state index is 0.0117. The Morgan fingerprint density at radius 2 is 2.08 bits per heavy atom. The Bertz CT molecular complexity index is 866. The molecule has 0 radical (unpaired) electrons. The number of hydrogen-bond acceptors (Lipinski definition) is 5. The van der Waals surface area contributed by atoms with E-state index in [0.717, 1.165) is 11.8 Å². The molecule has 1 unspecified atom stereocenters. The molecule has 26 heavy (non-hydrogen) atoms. The van der Waals surface area contributed by atoms with Crippen molar-refractivity contribution in [1.82, 2.24) is 20.2 Å². The number of hydrogen-bond donors (Lipinski definition) is 2. The van der Waals surface area contributed by atoms with E-state index in [0.29, 0.717) is 30.9 Å². The maximum absolute atomic E-state index is 14.4. The van der Waals surface area contributed by atoms with Gasteiger partial charge in [-0.15, -0.1) is 0 Å². The first-order valence-electron chi connectivity index (χ1n) is 8.91.